The van der Waals surface area contributed by atoms with Crippen molar-refractivity contribution in [1.82, 2.24) is 4.98 Å². The number of nitrogens with one attached hydrogen (secondary N) is 2. The van der Waals surface area contributed by atoms with Crippen LogP contribution in [0.5, 0.6) is 5.75 Å². The third-order valence-corrected chi connectivity index (χ3v) is 7.16. The first-order valence-electron chi connectivity index (χ1n) is 11.3. The summed E-state index contributed by atoms with van der Waals surface area (Å²) in [4.78, 5) is 30.5. The van der Waals surface area contributed by atoms with Crippen LogP contribution < -0.4 is 15.4 Å². The first-order chi connectivity index (χ1) is 17.5. The molecule has 0 bridgehead atoms. The van der Waals surface area contributed by atoms with E-state index in [1.165, 1.54) is 35.2 Å². The van der Waals surface area contributed by atoms with Gasteiger partial charge in [0.2, 0.25) is 5.91 Å². The molecule has 0 saturated heterocycles. The fourth-order valence-electron chi connectivity index (χ4n) is 3.27. The smallest absolute Gasteiger partial charge is 0.262 e. The molecule has 1 unspecified atom stereocenters. The molecule has 6 nitrogen and oxygen atoms in total. The monoisotopic (exact) mass is 521 g/mol. The number of hydrogen-bond acceptors (Lipinski definition) is 6. The van der Waals surface area contributed by atoms with Crippen LogP contribution in [0.2, 0.25) is 0 Å². The number of para-hydroxylation sites is 1. The summed E-state index contributed by atoms with van der Waals surface area (Å²) < 4.78 is 18.7. The third kappa shape index (κ3) is 7.16. The average molecular weight is 522 g/mol. The van der Waals surface area contributed by atoms with Crippen molar-refractivity contribution in [1.29, 1.82) is 0 Å². The van der Waals surface area contributed by atoms with Crippen molar-refractivity contribution in [2.45, 2.75) is 23.5 Å². The Labute approximate surface area is 216 Å². The van der Waals surface area contributed by atoms with Gasteiger partial charge in [0.1, 0.15) is 11.6 Å². The molecule has 0 aliphatic rings. The highest BCUT2D eigenvalue weighted by Crippen LogP contribution is 2.30. The molecule has 0 aliphatic carbocycles. The summed E-state index contributed by atoms with van der Waals surface area (Å²) in [5.41, 5.74) is 2.08. The van der Waals surface area contributed by atoms with Crippen molar-refractivity contribution in [2.75, 3.05) is 17.2 Å². The molecule has 0 radical (unpaired) electrons. The summed E-state index contributed by atoms with van der Waals surface area (Å²) in [6.07, 6.45) is 0.605. The van der Waals surface area contributed by atoms with Crippen LogP contribution in [0, 0.1) is 5.82 Å². The molecule has 0 fully saturated rings. The van der Waals surface area contributed by atoms with E-state index in [2.05, 4.69) is 15.6 Å². The minimum atomic E-state index is -0.351. The van der Waals surface area contributed by atoms with Crippen molar-refractivity contribution in [3.63, 3.8) is 0 Å². The van der Waals surface area contributed by atoms with Gasteiger partial charge in [0, 0.05) is 21.5 Å². The van der Waals surface area contributed by atoms with Gasteiger partial charge in [-0.3, -0.25) is 9.59 Å². The molecule has 1 atom stereocenters. The molecule has 0 aliphatic heterocycles. The number of amides is 2. The van der Waals surface area contributed by atoms with Crippen LogP contribution in [-0.2, 0) is 9.59 Å². The van der Waals surface area contributed by atoms with Crippen molar-refractivity contribution in [3.05, 3.63) is 90.1 Å². The zero-order valence-corrected chi connectivity index (χ0v) is 21.1. The van der Waals surface area contributed by atoms with Gasteiger partial charge in [-0.25, -0.2) is 9.37 Å². The second-order valence-corrected chi connectivity index (χ2v) is 9.86. The number of hydrogen-bond donors (Lipinski definition) is 2. The van der Waals surface area contributed by atoms with Crippen LogP contribution in [0.3, 0.4) is 0 Å². The highest BCUT2D eigenvalue weighted by Gasteiger charge is 2.20. The Balaban J connectivity index is 1.33. The number of carbonyl (C=O) groups is 2. The number of aromatic nitrogens is 1. The van der Waals surface area contributed by atoms with E-state index in [9.17, 15) is 14.0 Å². The molecule has 184 valence electrons. The summed E-state index contributed by atoms with van der Waals surface area (Å²) in [5.74, 6) is -0.118. The number of rotatable bonds is 10. The lowest BCUT2D eigenvalue weighted by atomic mass is 10.2. The normalized spacial score (nSPS) is 11.5. The maximum Gasteiger partial charge on any atom is 0.262 e. The second-order valence-electron chi connectivity index (χ2n) is 7.73. The minimum absolute atomic E-state index is 0.102. The fraction of sp³-hybridized carbons (Fsp3) is 0.148. The summed E-state index contributed by atoms with van der Waals surface area (Å²) in [5, 5.41) is 7.66. The van der Waals surface area contributed by atoms with Crippen LogP contribution in [0.1, 0.15) is 13.3 Å². The number of halogens is 1. The number of anilines is 2. The van der Waals surface area contributed by atoms with Gasteiger partial charge in [-0.05, 0) is 61.0 Å². The lowest BCUT2D eigenvalue weighted by Gasteiger charge is -2.14. The average Bonchev–Trinajstić information content (AvgIpc) is 3.35. The van der Waals surface area contributed by atoms with Crippen molar-refractivity contribution in [2.24, 2.45) is 0 Å². The minimum Gasteiger partial charge on any atom is -0.484 e. The molecule has 9 heteroatoms. The zero-order chi connectivity index (χ0) is 25.3. The molecule has 1 aromatic heterocycles. The Morgan fingerprint density at radius 2 is 1.81 bits per heavy atom. The van der Waals surface area contributed by atoms with Crippen LogP contribution in [0.15, 0.2) is 89.1 Å². The van der Waals surface area contributed by atoms with E-state index in [4.69, 9.17) is 4.74 Å². The van der Waals surface area contributed by atoms with E-state index in [-0.39, 0.29) is 29.5 Å². The molecule has 2 N–H and O–H groups in total. The van der Waals surface area contributed by atoms with Gasteiger partial charge in [-0.15, -0.1) is 23.1 Å². The number of thioether (sulfide) groups is 1. The van der Waals surface area contributed by atoms with Crippen LogP contribution >= 0.6 is 23.1 Å². The topological polar surface area (TPSA) is 80.3 Å². The van der Waals surface area contributed by atoms with E-state index in [1.54, 1.807) is 30.3 Å². The van der Waals surface area contributed by atoms with Gasteiger partial charge in [0.05, 0.1) is 10.9 Å². The quantitative estimate of drug-likeness (QED) is 0.234. The van der Waals surface area contributed by atoms with Crippen molar-refractivity contribution in [3.8, 4) is 17.0 Å². The van der Waals surface area contributed by atoms with Gasteiger partial charge in [0.25, 0.3) is 5.91 Å². The predicted octanol–water partition coefficient (Wildman–Crippen LogP) is 6.48. The van der Waals surface area contributed by atoms with E-state index in [1.807, 2.05) is 48.7 Å². The van der Waals surface area contributed by atoms with E-state index >= 15 is 0 Å². The highest BCUT2D eigenvalue weighted by molar-refractivity contribution is 8.00. The summed E-state index contributed by atoms with van der Waals surface area (Å²) in [7, 11) is 0. The molecular weight excluding hydrogens is 497 g/mol. The van der Waals surface area contributed by atoms with Crippen LogP contribution in [-0.4, -0.2) is 28.7 Å². The van der Waals surface area contributed by atoms with Gasteiger partial charge in [-0.2, -0.15) is 0 Å². The third-order valence-electron chi connectivity index (χ3n) is 5.05. The van der Waals surface area contributed by atoms with Gasteiger partial charge in [-0.1, -0.05) is 31.2 Å². The number of carbonyl (C=O) groups excluding carboxylic acids is 2. The summed E-state index contributed by atoms with van der Waals surface area (Å²) in [6, 6.07) is 22.5. The van der Waals surface area contributed by atoms with Gasteiger partial charge in [0.15, 0.2) is 11.7 Å². The lowest BCUT2D eigenvalue weighted by Crippen LogP contribution is -2.24. The molecule has 0 spiro atoms. The van der Waals surface area contributed by atoms with Gasteiger partial charge >= 0.3 is 0 Å². The molecule has 4 rings (SSSR count). The number of benzene rings is 3. The van der Waals surface area contributed by atoms with Crippen LogP contribution in [0.4, 0.5) is 15.2 Å². The summed E-state index contributed by atoms with van der Waals surface area (Å²) >= 11 is 2.73. The van der Waals surface area contributed by atoms with Crippen molar-refractivity contribution >= 4 is 45.7 Å². The van der Waals surface area contributed by atoms with E-state index < -0.39 is 0 Å². The Hall–Kier alpha value is -3.69. The first-order valence-corrected chi connectivity index (χ1v) is 13.0. The first kappa shape index (κ1) is 25.4. The van der Waals surface area contributed by atoms with E-state index in [0.29, 0.717) is 28.7 Å². The Kier molecular flexibility index (Phi) is 8.70. The molecule has 4 aromatic rings. The van der Waals surface area contributed by atoms with Gasteiger partial charge < -0.3 is 15.4 Å². The maximum absolute atomic E-state index is 13.2. The molecular formula is C27H24FN3O3S2. The predicted molar refractivity (Wildman–Crippen MR) is 143 cm³/mol. The SMILES string of the molecule is CCC(Sc1cccc(NC(=O)COc2ccccc2)c1)C(=O)Nc1nc(-c2ccc(F)cc2)cs1. The lowest BCUT2D eigenvalue weighted by molar-refractivity contribution is -0.118. The van der Waals surface area contributed by atoms with Crippen LogP contribution in [0.25, 0.3) is 11.3 Å². The Bertz CT molecular complexity index is 1310. The number of ether oxygens (including phenoxy) is 1. The molecule has 0 saturated carbocycles. The fourth-order valence-corrected chi connectivity index (χ4v) is 5.00. The Morgan fingerprint density at radius 3 is 2.56 bits per heavy atom. The maximum atomic E-state index is 13.2. The largest absolute Gasteiger partial charge is 0.484 e. The standard InChI is InChI=1S/C27H24FN3O3S2/c1-2-24(26(33)31-27-30-23(17-35-27)18-11-13-19(28)14-12-18)36-22-10-6-7-20(15-22)29-25(32)16-34-21-8-4-3-5-9-21/h3-15,17,24H,2,16H2,1H3,(H,29,32)(H,30,31,33). The molecule has 2 amide bonds. The Morgan fingerprint density at radius 1 is 1.03 bits per heavy atom. The highest BCUT2D eigenvalue weighted by atomic mass is 32.2. The zero-order valence-electron chi connectivity index (χ0n) is 19.4. The van der Waals surface area contributed by atoms with Crippen molar-refractivity contribution < 1.29 is 18.7 Å². The van der Waals surface area contributed by atoms with E-state index in [0.717, 1.165) is 10.5 Å². The number of thiazole rings is 1. The molecule has 3 aromatic carbocycles. The summed E-state index contributed by atoms with van der Waals surface area (Å²) in [6.45, 7) is 1.84. The molecule has 1 heterocycles. The number of nitrogens with zero attached hydrogens (tertiary/aromatic N) is 1. The second kappa shape index (κ2) is 12.3. The molecule has 36 heavy (non-hydrogen) atoms.